The molecule has 3 N–H and O–H groups in total. The molecule has 1 saturated carbocycles. The van der Waals surface area contributed by atoms with Gasteiger partial charge in [0.05, 0.1) is 17.0 Å². The zero-order valence-electron chi connectivity index (χ0n) is 22.3. The Morgan fingerprint density at radius 1 is 0.950 bits per heavy atom. The molecular weight excluding hydrogens is 540 g/mol. The number of ether oxygens (including phenoxy) is 2. The summed E-state index contributed by atoms with van der Waals surface area (Å²) >= 11 is 0. The summed E-state index contributed by atoms with van der Waals surface area (Å²) in [4.78, 5) is 50.8. The number of rotatable bonds is 12. The van der Waals surface area contributed by atoms with Crippen molar-refractivity contribution in [3.05, 3.63) is 53.7 Å². The lowest BCUT2D eigenvalue weighted by Crippen LogP contribution is -2.31. The Bertz CT molecular complexity index is 1270. The van der Waals surface area contributed by atoms with Crippen molar-refractivity contribution in [3.8, 4) is 5.88 Å². The minimum Gasteiger partial charge on any atom is -0.464 e. The fourth-order valence-electron chi connectivity index (χ4n) is 4.20. The van der Waals surface area contributed by atoms with E-state index in [0.29, 0.717) is 25.3 Å². The summed E-state index contributed by atoms with van der Waals surface area (Å²) in [7, 11) is -4.15. The molecule has 216 valence electrons. The second kappa shape index (κ2) is 15.0. The Morgan fingerprint density at radius 2 is 1.68 bits per heavy atom. The monoisotopic (exact) mass is 574 g/mol. The number of benzene rings is 1. The van der Waals surface area contributed by atoms with Crippen LogP contribution in [-0.2, 0) is 30.8 Å². The average molecular weight is 575 g/mol. The molecule has 0 aliphatic heterocycles. The van der Waals surface area contributed by atoms with Gasteiger partial charge in [0.1, 0.15) is 6.61 Å². The molecule has 13 heteroatoms. The number of pyridine rings is 1. The van der Waals surface area contributed by atoms with Crippen molar-refractivity contribution in [2.45, 2.75) is 56.8 Å². The fourth-order valence-corrected chi connectivity index (χ4v) is 5.18. The standard InChI is InChI=1S/C27H34N4O8S/c1-19(32)38-16-15-29-27(35)39-25-12-9-22(18-30-25)26(34)31-40(36,37)23-10-7-20(8-11-23)13-14-28-24(33)17-21-5-3-2-4-6-21/h7-12,18,21H,2-6,13-17H2,1H3,(H,28,33)(H,29,35)(H,31,34). The summed E-state index contributed by atoms with van der Waals surface area (Å²) in [6, 6.07) is 8.55. The van der Waals surface area contributed by atoms with Crippen molar-refractivity contribution >= 4 is 33.9 Å². The Morgan fingerprint density at radius 3 is 2.33 bits per heavy atom. The number of sulfonamides is 1. The van der Waals surface area contributed by atoms with Crippen LogP contribution in [0.2, 0.25) is 0 Å². The molecule has 0 atom stereocenters. The molecule has 40 heavy (non-hydrogen) atoms. The number of aromatic nitrogens is 1. The first-order chi connectivity index (χ1) is 19.1. The molecule has 0 saturated heterocycles. The van der Waals surface area contributed by atoms with E-state index in [2.05, 4.69) is 20.4 Å². The number of nitrogens with zero attached hydrogens (tertiary/aromatic N) is 1. The SMILES string of the molecule is CC(=O)OCCNC(=O)Oc1ccc(C(=O)NS(=O)(=O)c2ccc(CCNC(=O)CC3CCCCC3)cc2)cn1. The summed E-state index contributed by atoms with van der Waals surface area (Å²) in [5.41, 5.74) is 0.783. The largest absolute Gasteiger partial charge is 0.464 e. The van der Waals surface area contributed by atoms with Gasteiger partial charge in [-0.3, -0.25) is 14.4 Å². The molecule has 1 fully saturated rings. The van der Waals surface area contributed by atoms with Crippen molar-refractivity contribution in [2.24, 2.45) is 5.92 Å². The molecule has 3 amide bonds. The highest BCUT2D eigenvalue weighted by molar-refractivity contribution is 7.90. The first-order valence-electron chi connectivity index (χ1n) is 13.1. The highest BCUT2D eigenvalue weighted by Crippen LogP contribution is 2.26. The molecule has 3 rings (SSSR count). The molecule has 2 aromatic rings. The maximum atomic E-state index is 12.7. The van der Waals surface area contributed by atoms with Gasteiger partial charge in [-0.25, -0.2) is 22.9 Å². The Balaban J connectivity index is 1.44. The lowest BCUT2D eigenvalue weighted by atomic mass is 9.87. The predicted octanol–water partition coefficient (Wildman–Crippen LogP) is 2.48. The third-order valence-electron chi connectivity index (χ3n) is 6.27. The van der Waals surface area contributed by atoms with E-state index in [-0.39, 0.29) is 35.4 Å². The van der Waals surface area contributed by atoms with E-state index in [1.807, 2.05) is 4.72 Å². The molecule has 1 aromatic heterocycles. The summed E-state index contributed by atoms with van der Waals surface area (Å²) in [5, 5.41) is 5.28. The van der Waals surface area contributed by atoms with Gasteiger partial charge in [-0.05, 0) is 48.9 Å². The topological polar surface area (TPSA) is 170 Å². The number of esters is 1. The van der Waals surface area contributed by atoms with E-state index in [1.54, 1.807) is 12.1 Å². The van der Waals surface area contributed by atoms with Crippen LogP contribution in [0, 0.1) is 5.92 Å². The van der Waals surface area contributed by atoms with E-state index in [1.165, 1.54) is 50.5 Å². The second-order valence-corrected chi connectivity index (χ2v) is 11.1. The summed E-state index contributed by atoms with van der Waals surface area (Å²) < 4.78 is 37.0. The fraction of sp³-hybridized carbons (Fsp3) is 0.444. The number of nitrogens with one attached hydrogen (secondary N) is 3. The number of hydrogen-bond acceptors (Lipinski definition) is 9. The van der Waals surface area contributed by atoms with E-state index in [9.17, 15) is 27.6 Å². The van der Waals surface area contributed by atoms with Gasteiger partial charge in [0.15, 0.2) is 0 Å². The minimum absolute atomic E-state index is 0.0211. The third kappa shape index (κ3) is 10.3. The Kier molecular flexibility index (Phi) is 11.4. The third-order valence-corrected chi connectivity index (χ3v) is 7.61. The van der Waals surface area contributed by atoms with E-state index < -0.39 is 28.0 Å². The Labute approximate surface area is 233 Å². The number of hydrogen-bond donors (Lipinski definition) is 3. The number of amides is 3. The first-order valence-corrected chi connectivity index (χ1v) is 14.6. The summed E-state index contributed by atoms with van der Waals surface area (Å²) in [5.74, 6) is -0.999. The van der Waals surface area contributed by atoms with Crippen LogP contribution in [0.4, 0.5) is 4.79 Å². The van der Waals surface area contributed by atoms with Gasteiger partial charge in [-0.1, -0.05) is 31.4 Å². The van der Waals surface area contributed by atoms with Crippen LogP contribution in [0.1, 0.15) is 61.4 Å². The van der Waals surface area contributed by atoms with Crippen LogP contribution in [0.15, 0.2) is 47.5 Å². The number of carbonyl (C=O) groups excluding carboxylic acids is 4. The quantitative estimate of drug-likeness (QED) is 0.255. The van der Waals surface area contributed by atoms with Crippen molar-refractivity contribution in [1.82, 2.24) is 20.3 Å². The van der Waals surface area contributed by atoms with Crippen molar-refractivity contribution in [2.75, 3.05) is 19.7 Å². The molecule has 0 bridgehead atoms. The lowest BCUT2D eigenvalue weighted by molar-refractivity contribution is -0.140. The zero-order chi connectivity index (χ0) is 29.0. The zero-order valence-corrected chi connectivity index (χ0v) is 23.1. The van der Waals surface area contributed by atoms with Crippen LogP contribution < -0.4 is 20.1 Å². The smallest absolute Gasteiger partial charge is 0.414 e. The van der Waals surface area contributed by atoms with Crippen LogP contribution >= 0.6 is 0 Å². The van der Waals surface area contributed by atoms with E-state index in [4.69, 9.17) is 4.74 Å². The molecule has 0 radical (unpaired) electrons. The molecule has 12 nitrogen and oxygen atoms in total. The van der Waals surface area contributed by atoms with E-state index in [0.717, 1.165) is 24.6 Å². The van der Waals surface area contributed by atoms with Crippen molar-refractivity contribution in [1.29, 1.82) is 0 Å². The molecule has 1 aliphatic rings. The van der Waals surface area contributed by atoms with E-state index >= 15 is 0 Å². The van der Waals surface area contributed by atoms with Gasteiger partial charge >= 0.3 is 12.1 Å². The maximum Gasteiger partial charge on any atom is 0.414 e. The molecule has 1 aromatic carbocycles. The summed E-state index contributed by atoms with van der Waals surface area (Å²) in [6.07, 6.45) is 7.17. The van der Waals surface area contributed by atoms with Crippen LogP contribution in [0.5, 0.6) is 5.88 Å². The van der Waals surface area contributed by atoms with Gasteiger partial charge in [-0.2, -0.15) is 0 Å². The van der Waals surface area contributed by atoms with Gasteiger partial charge < -0.3 is 20.1 Å². The van der Waals surface area contributed by atoms with Gasteiger partial charge in [0.25, 0.3) is 15.9 Å². The molecule has 0 unspecified atom stereocenters. The average Bonchev–Trinajstić information content (AvgIpc) is 2.92. The lowest BCUT2D eigenvalue weighted by Gasteiger charge is -2.20. The van der Waals surface area contributed by atoms with Crippen molar-refractivity contribution in [3.63, 3.8) is 0 Å². The molecular formula is C27H34N4O8S. The minimum atomic E-state index is -4.15. The van der Waals surface area contributed by atoms with Crippen molar-refractivity contribution < 1.29 is 37.1 Å². The van der Waals surface area contributed by atoms with Gasteiger partial charge in [-0.15, -0.1) is 0 Å². The molecule has 1 heterocycles. The number of carbonyl (C=O) groups is 4. The first kappa shape index (κ1) is 30.5. The second-order valence-electron chi connectivity index (χ2n) is 9.43. The van der Waals surface area contributed by atoms with Crippen LogP contribution in [-0.4, -0.2) is 57.0 Å². The molecule has 0 spiro atoms. The highest BCUT2D eigenvalue weighted by atomic mass is 32.2. The maximum absolute atomic E-state index is 12.7. The summed E-state index contributed by atoms with van der Waals surface area (Å²) in [6.45, 7) is 1.71. The normalized spacial score (nSPS) is 13.6. The van der Waals surface area contributed by atoms with Gasteiger partial charge in [0, 0.05) is 32.2 Å². The van der Waals surface area contributed by atoms with Crippen LogP contribution in [0.25, 0.3) is 0 Å². The van der Waals surface area contributed by atoms with Crippen LogP contribution in [0.3, 0.4) is 0 Å². The van der Waals surface area contributed by atoms with Gasteiger partial charge in [0.2, 0.25) is 11.8 Å². The predicted molar refractivity (Wildman–Crippen MR) is 144 cm³/mol. The molecule has 1 aliphatic carbocycles. The highest BCUT2D eigenvalue weighted by Gasteiger charge is 2.20. The Hall–Kier alpha value is -4.00.